The zero-order chi connectivity index (χ0) is 13.8. The molecule has 0 amide bonds. The van der Waals surface area contributed by atoms with E-state index in [1.807, 2.05) is 18.2 Å². The monoisotopic (exact) mass is 275 g/mol. The number of methoxy groups -OCH3 is 1. The van der Waals surface area contributed by atoms with Crippen molar-refractivity contribution in [3.8, 4) is 5.75 Å². The van der Waals surface area contributed by atoms with Gasteiger partial charge in [0.15, 0.2) is 0 Å². The minimum Gasteiger partial charge on any atom is -0.495 e. The summed E-state index contributed by atoms with van der Waals surface area (Å²) in [5, 5.41) is 0.597. The Kier molecular flexibility index (Phi) is 4.46. The largest absolute Gasteiger partial charge is 0.495 e. The van der Waals surface area contributed by atoms with Crippen LogP contribution in [-0.4, -0.2) is 7.11 Å². The lowest BCUT2D eigenvalue weighted by Crippen LogP contribution is -2.13. The van der Waals surface area contributed by atoms with Crippen molar-refractivity contribution in [2.75, 3.05) is 7.11 Å². The molecule has 0 aliphatic carbocycles. The number of benzene rings is 2. The van der Waals surface area contributed by atoms with Crippen molar-refractivity contribution in [1.29, 1.82) is 0 Å². The molecule has 0 radical (unpaired) electrons. The van der Waals surface area contributed by atoms with Gasteiger partial charge in [-0.3, -0.25) is 0 Å². The van der Waals surface area contributed by atoms with Gasteiger partial charge in [0.25, 0.3) is 0 Å². The van der Waals surface area contributed by atoms with Crippen LogP contribution in [0.5, 0.6) is 5.75 Å². The van der Waals surface area contributed by atoms with Crippen molar-refractivity contribution in [3.63, 3.8) is 0 Å². The fourth-order valence-corrected chi connectivity index (χ4v) is 2.39. The SMILES string of the molecule is COc1ccc(C(N)Cc2cccc(C)c2)cc1Cl. The van der Waals surface area contributed by atoms with Crippen molar-refractivity contribution < 1.29 is 4.74 Å². The van der Waals surface area contributed by atoms with E-state index in [0.717, 1.165) is 12.0 Å². The fourth-order valence-electron chi connectivity index (χ4n) is 2.12. The van der Waals surface area contributed by atoms with Crippen LogP contribution in [0.15, 0.2) is 42.5 Å². The summed E-state index contributed by atoms with van der Waals surface area (Å²) < 4.78 is 5.14. The molecule has 19 heavy (non-hydrogen) atoms. The normalized spacial score (nSPS) is 12.2. The van der Waals surface area contributed by atoms with Crippen LogP contribution in [0.25, 0.3) is 0 Å². The molecule has 3 heteroatoms. The van der Waals surface area contributed by atoms with Crippen molar-refractivity contribution in [2.45, 2.75) is 19.4 Å². The first-order valence-electron chi connectivity index (χ1n) is 6.24. The van der Waals surface area contributed by atoms with E-state index >= 15 is 0 Å². The number of rotatable bonds is 4. The predicted molar refractivity (Wildman–Crippen MR) is 79.8 cm³/mol. The minimum atomic E-state index is -0.0646. The molecule has 2 aromatic carbocycles. The molecule has 100 valence electrons. The molecule has 2 aromatic rings. The van der Waals surface area contributed by atoms with E-state index in [0.29, 0.717) is 10.8 Å². The van der Waals surface area contributed by atoms with Gasteiger partial charge in [-0.1, -0.05) is 47.5 Å². The molecule has 0 aromatic heterocycles. The summed E-state index contributed by atoms with van der Waals surface area (Å²) in [7, 11) is 1.60. The van der Waals surface area contributed by atoms with E-state index in [1.165, 1.54) is 11.1 Å². The Hall–Kier alpha value is -1.51. The summed E-state index contributed by atoms with van der Waals surface area (Å²) in [6, 6.07) is 14.0. The number of ether oxygens (including phenoxy) is 1. The number of aryl methyl sites for hydroxylation is 1. The van der Waals surface area contributed by atoms with Crippen LogP contribution >= 0.6 is 11.6 Å². The Morgan fingerprint density at radius 2 is 2.00 bits per heavy atom. The minimum absolute atomic E-state index is 0.0646. The van der Waals surface area contributed by atoms with Gasteiger partial charge in [-0.05, 0) is 36.6 Å². The molecule has 0 bridgehead atoms. The lowest BCUT2D eigenvalue weighted by atomic mass is 9.98. The summed E-state index contributed by atoms with van der Waals surface area (Å²) in [5.41, 5.74) is 9.74. The first-order chi connectivity index (χ1) is 9.10. The van der Waals surface area contributed by atoms with Gasteiger partial charge in [-0.15, -0.1) is 0 Å². The van der Waals surface area contributed by atoms with Gasteiger partial charge in [-0.2, -0.15) is 0 Å². The molecule has 0 saturated heterocycles. The number of halogens is 1. The first-order valence-corrected chi connectivity index (χ1v) is 6.62. The van der Waals surface area contributed by atoms with Crippen LogP contribution in [0.3, 0.4) is 0 Å². The van der Waals surface area contributed by atoms with Gasteiger partial charge < -0.3 is 10.5 Å². The molecule has 0 saturated carbocycles. The highest BCUT2D eigenvalue weighted by Crippen LogP contribution is 2.28. The van der Waals surface area contributed by atoms with Crippen LogP contribution in [0.2, 0.25) is 5.02 Å². The quantitative estimate of drug-likeness (QED) is 0.918. The van der Waals surface area contributed by atoms with Crippen molar-refractivity contribution >= 4 is 11.6 Å². The summed E-state index contributed by atoms with van der Waals surface area (Å²) in [6.45, 7) is 2.08. The summed E-state index contributed by atoms with van der Waals surface area (Å²) >= 11 is 6.12. The average molecular weight is 276 g/mol. The van der Waals surface area contributed by atoms with Gasteiger partial charge in [0.2, 0.25) is 0 Å². The maximum Gasteiger partial charge on any atom is 0.137 e. The molecule has 2 nitrogen and oxygen atoms in total. The topological polar surface area (TPSA) is 35.2 Å². The first kappa shape index (κ1) is 13.9. The Bertz CT molecular complexity index is 568. The third kappa shape index (κ3) is 3.49. The summed E-state index contributed by atoms with van der Waals surface area (Å²) in [4.78, 5) is 0. The zero-order valence-electron chi connectivity index (χ0n) is 11.2. The molecule has 2 rings (SSSR count). The molecule has 1 unspecified atom stereocenters. The third-order valence-corrected chi connectivity index (χ3v) is 3.44. The van der Waals surface area contributed by atoms with E-state index < -0.39 is 0 Å². The van der Waals surface area contributed by atoms with Gasteiger partial charge in [-0.25, -0.2) is 0 Å². The molecule has 0 aliphatic rings. The van der Waals surface area contributed by atoms with Crippen molar-refractivity contribution in [2.24, 2.45) is 5.73 Å². The van der Waals surface area contributed by atoms with E-state index in [1.54, 1.807) is 7.11 Å². The Labute approximate surface area is 119 Å². The van der Waals surface area contributed by atoms with Crippen LogP contribution in [0, 0.1) is 6.92 Å². The predicted octanol–water partition coefficient (Wildman–Crippen LogP) is 3.90. The number of nitrogens with two attached hydrogens (primary N) is 1. The van der Waals surface area contributed by atoms with E-state index in [9.17, 15) is 0 Å². The average Bonchev–Trinajstić information content (AvgIpc) is 2.38. The Morgan fingerprint density at radius 3 is 2.63 bits per heavy atom. The second-order valence-electron chi connectivity index (χ2n) is 4.69. The lowest BCUT2D eigenvalue weighted by molar-refractivity contribution is 0.414. The lowest BCUT2D eigenvalue weighted by Gasteiger charge is -2.14. The van der Waals surface area contributed by atoms with Gasteiger partial charge in [0.05, 0.1) is 12.1 Å². The van der Waals surface area contributed by atoms with Crippen molar-refractivity contribution in [3.05, 3.63) is 64.2 Å². The van der Waals surface area contributed by atoms with Crippen LogP contribution in [-0.2, 0) is 6.42 Å². The molecular formula is C16H18ClNO. The zero-order valence-corrected chi connectivity index (χ0v) is 11.9. The Morgan fingerprint density at radius 1 is 1.21 bits per heavy atom. The summed E-state index contributed by atoms with van der Waals surface area (Å²) in [6.07, 6.45) is 0.796. The molecule has 0 fully saturated rings. The van der Waals surface area contributed by atoms with Crippen LogP contribution in [0.4, 0.5) is 0 Å². The standard InChI is InChI=1S/C16H18ClNO/c1-11-4-3-5-12(8-11)9-15(18)13-6-7-16(19-2)14(17)10-13/h3-8,10,15H,9,18H2,1-2H3. The highest BCUT2D eigenvalue weighted by atomic mass is 35.5. The smallest absolute Gasteiger partial charge is 0.137 e. The molecule has 2 N–H and O–H groups in total. The fraction of sp³-hybridized carbons (Fsp3) is 0.250. The van der Waals surface area contributed by atoms with E-state index in [2.05, 4.69) is 31.2 Å². The van der Waals surface area contributed by atoms with Gasteiger partial charge in [0, 0.05) is 6.04 Å². The van der Waals surface area contributed by atoms with E-state index in [-0.39, 0.29) is 6.04 Å². The number of hydrogen-bond acceptors (Lipinski definition) is 2. The maximum absolute atomic E-state index is 6.24. The maximum atomic E-state index is 6.24. The van der Waals surface area contributed by atoms with Gasteiger partial charge >= 0.3 is 0 Å². The van der Waals surface area contributed by atoms with Crippen LogP contribution < -0.4 is 10.5 Å². The molecule has 0 aliphatic heterocycles. The Balaban J connectivity index is 2.15. The highest BCUT2D eigenvalue weighted by molar-refractivity contribution is 6.32. The van der Waals surface area contributed by atoms with Gasteiger partial charge in [0.1, 0.15) is 5.75 Å². The third-order valence-electron chi connectivity index (χ3n) is 3.14. The molecular weight excluding hydrogens is 258 g/mol. The van der Waals surface area contributed by atoms with E-state index in [4.69, 9.17) is 22.1 Å². The van der Waals surface area contributed by atoms with Crippen LogP contribution in [0.1, 0.15) is 22.7 Å². The second-order valence-corrected chi connectivity index (χ2v) is 5.10. The molecule has 0 spiro atoms. The van der Waals surface area contributed by atoms with Crippen molar-refractivity contribution in [1.82, 2.24) is 0 Å². The molecule has 1 atom stereocenters. The summed E-state index contributed by atoms with van der Waals surface area (Å²) in [5.74, 6) is 0.674. The number of hydrogen-bond donors (Lipinski definition) is 1. The molecule has 0 heterocycles. The highest BCUT2D eigenvalue weighted by Gasteiger charge is 2.10. The second kappa shape index (κ2) is 6.09.